The summed E-state index contributed by atoms with van der Waals surface area (Å²) >= 11 is 0. The SMILES string of the molecule is O=C(NCCCOCC1CC1)c1ccc(=O)n(Cc2ccccc2)n1. The summed E-state index contributed by atoms with van der Waals surface area (Å²) in [5.41, 5.74) is 0.978. The molecule has 0 unspecified atom stereocenters. The molecule has 0 spiro atoms. The van der Waals surface area contributed by atoms with E-state index in [0.717, 1.165) is 24.5 Å². The Balaban J connectivity index is 1.49. The highest BCUT2D eigenvalue weighted by molar-refractivity contribution is 5.91. The van der Waals surface area contributed by atoms with Gasteiger partial charge in [-0.3, -0.25) is 9.59 Å². The number of benzene rings is 1. The number of nitrogens with zero attached hydrogens (tertiary/aromatic N) is 2. The van der Waals surface area contributed by atoms with Crippen LogP contribution < -0.4 is 10.9 Å². The summed E-state index contributed by atoms with van der Waals surface area (Å²) in [4.78, 5) is 24.1. The van der Waals surface area contributed by atoms with Gasteiger partial charge in [0.2, 0.25) is 0 Å². The second-order valence-corrected chi connectivity index (χ2v) is 6.33. The highest BCUT2D eigenvalue weighted by atomic mass is 16.5. The van der Waals surface area contributed by atoms with E-state index >= 15 is 0 Å². The summed E-state index contributed by atoms with van der Waals surface area (Å²) in [6.45, 7) is 2.36. The Labute approximate surface area is 146 Å². The summed E-state index contributed by atoms with van der Waals surface area (Å²) in [6.07, 6.45) is 3.32. The van der Waals surface area contributed by atoms with Crippen molar-refractivity contribution in [3.8, 4) is 0 Å². The molecular weight excluding hydrogens is 318 g/mol. The van der Waals surface area contributed by atoms with Crippen LogP contribution in [-0.2, 0) is 11.3 Å². The quantitative estimate of drug-likeness (QED) is 0.706. The fraction of sp³-hybridized carbons (Fsp3) is 0.421. The monoisotopic (exact) mass is 341 g/mol. The molecule has 1 aliphatic carbocycles. The molecule has 1 aliphatic rings. The van der Waals surface area contributed by atoms with E-state index in [-0.39, 0.29) is 17.2 Å². The molecule has 1 amide bonds. The van der Waals surface area contributed by atoms with Crippen LogP contribution in [0.25, 0.3) is 0 Å². The predicted octanol–water partition coefficient (Wildman–Crippen LogP) is 1.84. The zero-order valence-corrected chi connectivity index (χ0v) is 14.2. The van der Waals surface area contributed by atoms with Crippen molar-refractivity contribution in [3.63, 3.8) is 0 Å². The molecule has 6 heteroatoms. The Morgan fingerprint density at radius 3 is 2.76 bits per heavy atom. The highest BCUT2D eigenvalue weighted by Crippen LogP contribution is 2.28. The lowest BCUT2D eigenvalue weighted by atomic mass is 10.2. The van der Waals surface area contributed by atoms with Gasteiger partial charge in [0.25, 0.3) is 11.5 Å². The zero-order chi connectivity index (χ0) is 17.5. The number of amides is 1. The molecule has 25 heavy (non-hydrogen) atoms. The molecule has 0 atom stereocenters. The first-order valence-electron chi connectivity index (χ1n) is 8.70. The summed E-state index contributed by atoms with van der Waals surface area (Å²) in [7, 11) is 0. The first kappa shape index (κ1) is 17.4. The largest absolute Gasteiger partial charge is 0.381 e. The minimum Gasteiger partial charge on any atom is -0.381 e. The van der Waals surface area contributed by atoms with Gasteiger partial charge in [-0.2, -0.15) is 5.10 Å². The predicted molar refractivity (Wildman–Crippen MR) is 94.5 cm³/mol. The lowest BCUT2D eigenvalue weighted by Gasteiger charge is -2.08. The van der Waals surface area contributed by atoms with E-state index in [9.17, 15) is 9.59 Å². The van der Waals surface area contributed by atoms with Crippen molar-refractivity contribution in [2.45, 2.75) is 25.8 Å². The number of aromatic nitrogens is 2. The maximum absolute atomic E-state index is 12.2. The van der Waals surface area contributed by atoms with Gasteiger partial charge in [-0.1, -0.05) is 30.3 Å². The molecule has 0 bridgehead atoms. The van der Waals surface area contributed by atoms with Gasteiger partial charge in [0.15, 0.2) is 0 Å². The Morgan fingerprint density at radius 2 is 2.00 bits per heavy atom. The Bertz CT molecular complexity index is 754. The third-order valence-corrected chi connectivity index (χ3v) is 4.08. The van der Waals surface area contributed by atoms with Crippen molar-refractivity contribution in [1.82, 2.24) is 15.1 Å². The molecule has 3 rings (SSSR count). The third kappa shape index (κ3) is 5.53. The van der Waals surface area contributed by atoms with Crippen molar-refractivity contribution in [2.75, 3.05) is 19.8 Å². The third-order valence-electron chi connectivity index (χ3n) is 4.08. The van der Waals surface area contributed by atoms with Crippen LogP contribution in [0.2, 0.25) is 0 Å². The van der Waals surface area contributed by atoms with Crippen molar-refractivity contribution in [2.24, 2.45) is 5.92 Å². The summed E-state index contributed by atoms with van der Waals surface area (Å²) < 4.78 is 6.84. The Hall–Kier alpha value is -2.47. The minimum absolute atomic E-state index is 0.228. The number of nitrogens with one attached hydrogen (secondary N) is 1. The van der Waals surface area contributed by atoms with Crippen molar-refractivity contribution >= 4 is 5.91 Å². The molecule has 1 aromatic heterocycles. The van der Waals surface area contributed by atoms with Gasteiger partial charge >= 0.3 is 0 Å². The molecule has 1 fully saturated rings. The van der Waals surface area contributed by atoms with Crippen LogP contribution in [-0.4, -0.2) is 35.4 Å². The maximum Gasteiger partial charge on any atom is 0.271 e. The fourth-order valence-corrected chi connectivity index (χ4v) is 2.44. The maximum atomic E-state index is 12.2. The zero-order valence-electron chi connectivity index (χ0n) is 14.2. The van der Waals surface area contributed by atoms with Crippen LogP contribution in [0.15, 0.2) is 47.3 Å². The van der Waals surface area contributed by atoms with E-state index in [4.69, 9.17) is 4.74 Å². The van der Waals surface area contributed by atoms with Crippen LogP contribution in [0.1, 0.15) is 35.3 Å². The Kier molecular flexibility index (Phi) is 5.95. The van der Waals surface area contributed by atoms with Crippen molar-refractivity contribution < 1.29 is 9.53 Å². The summed E-state index contributed by atoms with van der Waals surface area (Å²) in [5.74, 6) is 0.480. The molecule has 6 nitrogen and oxygen atoms in total. The van der Waals surface area contributed by atoms with Crippen LogP contribution in [0.5, 0.6) is 0 Å². The van der Waals surface area contributed by atoms with Gasteiger partial charge in [0.05, 0.1) is 6.54 Å². The second kappa shape index (κ2) is 8.58. The first-order valence-corrected chi connectivity index (χ1v) is 8.70. The average molecular weight is 341 g/mol. The standard InChI is InChI=1S/C19H23N3O3/c23-18-10-9-17(21-22(18)13-15-5-2-1-3-6-15)19(24)20-11-4-12-25-14-16-7-8-16/h1-3,5-6,9-10,16H,4,7-8,11-14H2,(H,20,24). The van der Waals surface area contributed by atoms with E-state index in [1.165, 1.54) is 29.7 Å². The second-order valence-electron chi connectivity index (χ2n) is 6.33. The molecule has 1 aromatic carbocycles. The van der Waals surface area contributed by atoms with Gasteiger partial charge in [-0.05, 0) is 36.8 Å². The number of carbonyl (C=O) groups is 1. The van der Waals surface area contributed by atoms with E-state index in [1.54, 1.807) is 0 Å². The van der Waals surface area contributed by atoms with Gasteiger partial charge in [0, 0.05) is 25.8 Å². The number of hydrogen-bond acceptors (Lipinski definition) is 4. The molecular formula is C19H23N3O3. The van der Waals surface area contributed by atoms with Crippen LogP contribution >= 0.6 is 0 Å². The fourth-order valence-electron chi connectivity index (χ4n) is 2.44. The Morgan fingerprint density at radius 1 is 1.20 bits per heavy atom. The van der Waals surface area contributed by atoms with Gasteiger partial charge in [0.1, 0.15) is 5.69 Å². The van der Waals surface area contributed by atoms with Crippen LogP contribution in [0.4, 0.5) is 0 Å². The summed E-state index contributed by atoms with van der Waals surface area (Å²) in [5, 5.41) is 6.99. The van der Waals surface area contributed by atoms with E-state index < -0.39 is 0 Å². The number of hydrogen-bond donors (Lipinski definition) is 1. The molecule has 2 aromatic rings. The minimum atomic E-state index is -0.274. The number of ether oxygens (including phenoxy) is 1. The lowest BCUT2D eigenvalue weighted by molar-refractivity contribution is 0.0930. The number of carbonyl (C=O) groups excluding carboxylic acids is 1. The van der Waals surface area contributed by atoms with E-state index in [2.05, 4.69) is 10.4 Å². The summed E-state index contributed by atoms with van der Waals surface area (Å²) in [6, 6.07) is 12.4. The number of rotatable bonds is 9. The first-order chi connectivity index (χ1) is 12.2. The van der Waals surface area contributed by atoms with E-state index in [0.29, 0.717) is 19.7 Å². The van der Waals surface area contributed by atoms with Gasteiger partial charge in [-0.15, -0.1) is 0 Å². The molecule has 1 saturated carbocycles. The highest BCUT2D eigenvalue weighted by Gasteiger charge is 2.20. The molecule has 1 N–H and O–H groups in total. The van der Waals surface area contributed by atoms with E-state index in [1.807, 2.05) is 30.3 Å². The van der Waals surface area contributed by atoms with Crippen molar-refractivity contribution in [1.29, 1.82) is 0 Å². The molecule has 0 saturated heterocycles. The van der Waals surface area contributed by atoms with Crippen molar-refractivity contribution in [3.05, 3.63) is 64.1 Å². The smallest absolute Gasteiger partial charge is 0.271 e. The molecule has 0 aliphatic heterocycles. The topological polar surface area (TPSA) is 73.2 Å². The average Bonchev–Trinajstić information content (AvgIpc) is 3.45. The molecule has 132 valence electrons. The van der Waals surface area contributed by atoms with Crippen LogP contribution in [0.3, 0.4) is 0 Å². The molecule has 1 heterocycles. The molecule has 0 radical (unpaired) electrons. The lowest BCUT2D eigenvalue weighted by Crippen LogP contribution is -2.30. The normalized spacial score (nSPS) is 13.6. The van der Waals surface area contributed by atoms with Crippen LogP contribution in [0, 0.1) is 5.92 Å². The van der Waals surface area contributed by atoms with Gasteiger partial charge < -0.3 is 10.1 Å². The van der Waals surface area contributed by atoms with Gasteiger partial charge in [-0.25, -0.2) is 4.68 Å².